The highest BCUT2D eigenvalue weighted by atomic mass is 19.1. The molecule has 1 N–H and O–H groups in total. The number of carbonyl (C=O) groups excluding carboxylic acids is 2. The maximum absolute atomic E-state index is 14.1. The third kappa shape index (κ3) is 4.50. The van der Waals surface area contributed by atoms with Gasteiger partial charge in [-0.1, -0.05) is 36.4 Å². The fourth-order valence-corrected chi connectivity index (χ4v) is 4.23. The second kappa shape index (κ2) is 9.50. The highest BCUT2D eigenvalue weighted by Gasteiger charge is 2.44. The van der Waals surface area contributed by atoms with Gasteiger partial charge in [-0.05, 0) is 53.9 Å². The minimum atomic E-state index is -0.800. The molecule has 5 nitrogen and oxygen atoms in total. The van der Waals surface area contributed by atoms with E-state index in [0.29, 0.717) is 27.9 Å². The Bertz CT molecular complexity index is 1180. The van der Waals surface area contributed by atoms with Crippen LogP contribution in [0.5, 0.6) is 0 Å². The Hall–Kier alpha value is -3.58. The number of hydrogen-bond donors (Lipinski definition) is 1. The number of fused-ring (bicyclic) bond motifs is 1. The first-order chi connectivity index (χ1) is 15.9. The smallest absolute Gasteiger partial charge is 0.254 e. The van der Waals surface area contributed by atoms with Crippen molar-refractivity contribution in [1.29, 1.82) is 0 Å². The van der Waals surface area contributed by atoms with Gasteiger partial charge in [-0.15, -0.1) is 0 Å². The van der Waals surface area contributed by atoms with Crippen LogP contribution in [0.25, 0.3) is 0 Å². The summed E-state index contributed by atoms with van der Waals surface area (Å²) < 4.78 is 33.0. The number of nitrogens with one attached hydrogen (secondary N) is 1. The SMILES string of the molecule is COCCN1C(=O)c2ccccc2[C@H](C(=O)Nc2ccc(C)c(F)c2)[C@H]1c1ccc(F)cc1. The number of rotatable bonds is 6. The zero-order valence-electron chi connectivity index (χ0n) is 18.3. The molecule has 0 unspecified atom stereocenters. The molecule has 1 aliphatic heterocycles. The Labute approximate surface area is 191 Å². The molecule has 0 aromatic heterocycles. The zero-order chi connectivity index (χ0) is 23.5. The lowest BCUT2D eigenvalue weighted by atomic mass is 9.79. The highest BCUT2D eigenvalue weighted by molar-refractivity contribution is 6.04. The maximum Gasteiger partial charge on any atom is 0.254 e. The number of nitrogens with zero attached hydrogens (tertiary/aromatic N) is 1. The van der Waals surface area contributed by atoms with E-state index in [-0.39, 0.29) is 19.1 Å². The number of hydrogen-bond acceptors (Lipinski definition) is 3. The lowest BCUT2D eigenvalue weighted by molar-refractivity contribution is -0.119. The van der Waals surface area contributed by atoms with Gasteiger partial charge < -0.3 is 15.0 Å². The van der Waals surface area contributed by atoms with E-state index in [1.54, 1.807) is 60.4 Å². The van der Waals surface area contributed by atoms with Gasteiger partial charge in [0.2, 0.25) is 5.91 Å². The maximum atomic E-state index is 14.1. The van der Waals surface area contributed by atoms with Gasteiger partial charge >= 0.3 is 0 Å². The van der Waals surface area contributed by atoms with E-state index >= 15 is 0 Å². The Morgan fingerprint density at radius 2 is 1.79 bits per heavy atom. The van der Waals surface area contributed by atoms with Crippen LogP contribution in [0, 0.1) is 18.6 Å². The van der Waals surface area contributed by atoms with Gasteiger partial charge in [-0.3, -0.25) is 9.59 Å². The van der Waals surface area contributed by atoms with E-state index in [2.05, 4.69) is 5.32 Å². The molecule has 0 saturated heterocycles. The zero-order valence-corrected chi connectivity index (χ0v) is 18.3. The molecule has 0 fully saturated rings. The largest absolute Gasteiger partial charge is 0.383 e. The molecule has 0 aliphatic carbocycles. The van der Waals surface area contributed by atoms with Crippen LogP contribution in [0.2, 0.25) is 0 Å². The molecule has 3 aromatic carbocycles. The molecule has 170 valence electrons. The summed E-state index contributed by atoms with van der Waals surface area (Å²) in [4.78, 5) is 28.6. The number of halogens is 2. The van der Waals surface area contributed by atoms with Crippen LogP contribution in [0.3, 0.4) is 0 Å². The van der Waals surface area contributed by atoms with Crippen molar-refractivity contribution in [1.82, 2.24) is 4.90 Å². The molecule has 0 saturated carbocycles. The van der Waals surface area contributed by atoms with E-state index < -0.39 is 29.5 Å². The number of ether oxygens (including phenoxy) is 1. The number of aryl methyl sites for hydroxylation is 1. The molecule has 33 heavy (non-hydrogen) atoms. The van der Waals surface area contributed by atoms with Gasteiger partial charge in [0.05, 0.1) is 18.6 Å². The Balaban J connectivity index is 1.82. The summed E-state index contributed by atoms with van der Waals surface area (Å²) in [7, 11) is 1.53. The standard InChI is InChI=1S/C26H24F2N2O3/c1-16-7-12-19(15-22(16)28)29-25(31)23-20-5-3-4-6-21(20)26(32)30(13-14-33-2)24(23)17-8-10-18(27)11-9-17/h3-12,15,23-24H,13-14H2,1-2H3,(H,29,31)/t23-,24+/m0/s1. The number of amides is 2. The van der Waals surface area contributed by atoms with Gasteiger partial charge in [0.25, 0.3) is 5.91 Å². The summed E-state index contributed by atoms with van der Waals surface area (Å²) in [6, 6.07) is 16.5. The van der Waals surface area contributed by atoms with Crippen molar-refractivity contribution >= 4 is 17.5 Å². The van der Waals surface area contributed by atoms with E-state index in [4.69, 9.17) is 4.74 Å². The predicted molar refractivity (Wildman–Crippen MR) is 121 cm³/mol. The predicted octanol–water partition coefficient (Wildman–Crippen LogP) is 4.84. The molecule has 1 heterocycles. The average molecular weight is 450 g/mol. The summed E-state index contributed by atoms with van der Waals surface area (Å²) in [5.41, 5.74) is 2.39. The molecule has 1 aliphatic rings. The molecule has 4 rings (SSSR count). The number of anilines is 1. The van der Waals surface area contributed by atoms with Crippen molar-refractivity contribution in [3.63, 3.8) is 0 Å². The van der Waals surface area contributed by atoms with Gasteiger partial charge in [-0.25, -0.2) is 8.78 Å². The van der Waals surface area contributed by atoms with Gasteiger partial charge in [0, 0.05) is 24.9 Å². The van der Waals surface area contributed by atoms with Crippen LogP contribution in [0.15, 0.2) is 66.7 Å². The quantitative estimate of drug-likeness (QED) is 0.585. The lowest BCUT2D eigenvalue weighted by Gasteiger charge is -2.41. The first kappa shape index (κ1) is 22.6. The molecule has 7 heteroatoms. The van der Waals surface area contributed by atoms with Crippen LogP contribution >= 0.6 is 0 Å². The topological polar surface area (TPSA) is 58.6 Å². The van der Waals surface area contributed by atoms with Crippen molar-refractivity contribution in [2.45, 2.75) is 18.9 Å². The van der Waals surface area contributed by atoms with Crippen LogP contribution in [-0.2, 0) is 9.53 Å². The molecule has 0 radical (unpaired) electrons. The summed E-state index contributed by atoms with van der Waals surface area (Å²) in [6.45, 7) is 2.15. The van der Waals surface area contributed by atoms with Crippen LogP contribution in [0.1, 0.15) is 39.0 Å². The minimum Gasteiger partial charge on any atom is -0.383 e. The first-order valence-electron chi connectivity index (χ1n) is 10.6. The Kier molecular flexibility index (Phi) is 6.51. The van der Waals surface area contributed by atoms with E-state index in [0.717, 1.165) is 0 Å². The second-order valence-corrected chi connectivity index (χ2v) is 8.01. The third-order valence-corrected chi connectivity index (χ3v) is 5.91. The third-order valence-electron chi connectivity index (χ3n) is 5.91. The van der Waals surface area contributed by atoms with Crippen molar-refractivity contribution < 1.29 is 23.1 Å². The lowest BCUT2D eigenvalue weighted by Crippen LogP contribution is -2.47. The molecule has 2 atom stereocenters. The van der Waals surface area contributed by atoms with Crippen molar-refractivity contribution in [2.24, 2.45) is 0 Å². The number of carbonyl (C=O) groups is 2. The van der Waals surface area contributed by atoms with Crippen molar-refractivity contribution in [2.75, 3.05) is 25.6 Å². The second-order valence-electron chi connectivity index (χ2n) is 8.01. The Morgan fingerprint density at radius 1 is 1.06 bits per heavy atom. The summed E-state index contributed by atoms with van der Waals surface area (Å²) in [6.07, 6.45) is 0. The van der Waals surface area contributed by atoms with E-state index in [9.17, 15) is 18.4 Å². The molecule has 2 amide bonds. The fourth-order valence-electron chi connectivity index (χ4n) is 4.23. The molecule has 3 aromatic rings. The monoisotopic (exact) mass is 450 g/mol. The number of benzene rings is 3. The van der Waals surface area contributed by atoms with Crippen LogP contribution < -0.4 is 5.32 Å². The Morgan fingerprint density at radius 3 is 2.48 bits per heavy atom. The summed E-state index contributed by atoms with van der Waals surface area (Å²) >= 11 is 0. The van der Waals surface area contributed by atoms with Crippen LogP contribution in [0.4, 0.5) is 14.5 Å². The van der Waals surface area contributed by atoms with Crippen molar-refractivity contribution in [3.05, 3.63) is 101 Å². The highest BCUT2D eigenvalue weighted by Crippen LogP contribution is 2.43. The minimum absolute atomic E-state index is 0.234. The van der Waals surface area contributed by atoms with Gasteiger partial charge in [0.15, 0.2) is 0 Å². The van der Waals surface area contributed by atoms with Crippen LogP contribution in [-0.4, -0.2) is 37.0 Å². The van der Waals surface area contributed by atoms with Gasteiger partial charge in [-0.2, -0.15) is 0 Å². The van der Waals surface area contributed by atoms with Crippen molar-refractivity contribution in [3.8, 4) is 0 Å². The van der Waals surface area contributed by atoms with Gasteiger partial charge in [0.1, 0.15) is 11.6 Å². The summed E-state index contributed by atoms with van der Waals surface area (Å²) in [5.74, 6) is -2.27. The number of methoxy groups -OCH3 is 1. The average Bonchev–Trinajstić information content (AvgIpc) is 2.81. The first-order valence-corrected chi connectivity index (χ1v) is 10.6. The van der Waals surface area contributed by atoms with E-state index in [1.807, 2.05) is 0 Å². The fraction of sp³-hybridized carbons (Fsp3) is 0.231. The molecule has 0 bridgehead atoms. The molecular formula is C26H24F2N2O3. The van der Waals surface area contributed by atoms with E-state index in [1.165, 1.54) is 25.3 Å². The molecular weight excluding hydrogens is 426 g/mol. The summed E-state index contributed by atoms with van der Waals surface area (Å²) in [5, 5.41) is 2.80. The normalized spacial score (nSPS) is 17.6. The molecule has 0 spiro atoms.